The van der Waals surface area contributed by atoms with Crippen molar-refractivity contribution < 1.29 is 4.52 Å². The molecule has 0 amide bonds. The van der Waals surface area contributed by atoms with Gasteiger partial charge in [0.15, 0.2) is 11.0 Å². The Morgan fingerprint density at radius 1 is 1.24 bits per heavy atom. The van der Waals surface area contributed by atoms with E-state index in [0.29, 0.717) is 28.8 Å². The molecule has 0 fully saturated rings. The highest BCUT2D eigenvalue weighted by Gasteiger charge is 2.20. The third-order valence-electron chi connectivity index (χ3n) is 4.66. The van der Waals surface area contributed by atoms with Gasteiger partial charge in [-0.25, -0.2) is 4.98 Å². The van der Waals surface area contributed by atoms with Crippen molar-refractivity contribution in [2.45, 2.75) is 50.6 Å². The largest absolute Gasteiger partial charge is 0.338 e. The van der Waals surface area contributed by atoms with Crippen LogP contribution in [0.15, 0.2) is 50.9 Å². The van der Waals surface area contributed by atoms with Gasteiger partial charge in [0.25, 0.3) is 5.56 Å². The van der Waals surface area contributed by atoms with E-state index in [-0.39, 0.29) is 10.8 Å². The van der Waals surface area contributed by atoms with Gasteiger partial charge < -0.3 is 4.52 Å². The molecule has 0 bridgehead atoms. The topological polar surface area (TPSA) is 73.8 Å². The lowest BCUT2D eigenvalue weighted by Gasteiger charge is -2.14. The van der Waals surface area contributed by atoms with Crippen molar-refractivity contribution in [3.63, 3.8) is 0 Å². The lowest BCUT2D eigenvalue weighted by molar-refractivity contribution is 0.376. The summed E-state index contributed by atoms with van der Waals surface area (Å²) in [6.07, 6.45) is 1.66. The van der Waals surface area contributed by atoms with E-state index in [0.717, 1.165) is 17.7 Å². The molecular formula is C21H22N4O2S2. The summed E-state index contributed by atoms with van der Waals surface area (Å²) in [5.74, 6) is 1.14. The summed E-state index contributed by atoms with van der Waals surface area (Å²) in [6, 6.07) is 12.2. The molecule has 0 spiro atoms. The Balaban J connectivity index is 1.72. The second-order valence-corrected chi connectivity index (χ2v) is 9.23. The minimum atomic E-state index is -0.103. The first-order chi connectivity index (χ1) is 14.0. The quantitative estimate of drug-likeness (QED) is 0.312. The number of aromatic nitrogens is 4. The van der Waals surface area contributed by atoms with Gasteiger partial charge in [-0.2, -0.15) is 4.98 Å². The molecule has 0 saturated heterocycles. The van der Waals surface area contributed by atoms with Crippen LogP contribution in [0.1, 0.15) is 41.3 Å². The molecule has 1 unspecified atom stereocenters. The van der Waals surface area contributed by atoms with Gasteiger partial charge in [0.05, 0.1) is 10.6 Å². The molecule has 1 aromatic carbocycles. The molecule has 0 aliphatic rings. The molecule has 0 aliphatic carbocycles. The zero-order valence-electron chi connectivity index (χ0n) is 16.6. The maximum Gasteiger partial charge on any atom is 0.262 e. The van der Waals surface area contributed by atoms with Crippen LogP contribution in [0.4, 0.5) is 0 Å². The number of thiophene rings is 1. The summed E-state index contributed by atoms with van der Waals surface area (Å²) < 4.78 is 7.10. The minimum absolute atomic E-state index is 0.0123. The highest BCUT2D eigenvalue weighted by Crippen LogP contribution is 2.34. The second kappa shape index (κ2) is 8.51. The molecule has 1 atom stereocenters. The second-order valence-electron chi connectivity index (χ2n) is 6.81. The Hall–Kier alpha value is -2.45. The summed E-state index contributed by atoms with van der Waals surface area (Å²) in [6.45, 7) is 6.44. The van der Waals surface area contributed by atoms with E-state index in [2.05, 4.69) is 29.2 Å². The van der Waals surface area contributed by atoms with Crippen LogP contribution in [0.2, 0.25) is 0 Å². The first-order valence-electron chi connectivity index (χ1n) is 9.59. The molecule has 8 heteroatoms. The van der Waals surface area contributed by atoms with Crippen molar-refractivity contribution in [1.82, 2.24) is 19.7 Å². The van der Waals surface area contributed by atoms with Crippen LogP contribution >= 0.6 is 23.1 Å². The van der Waals surface area contributed by atoms with Gasteiger partial charge in [-0.05, 0) is 38.3 Å². The standard InChI is InChI=1S/C21H22N4O2S2/c1-4-16-12-17-19(29-16)23-21(28-13(2)18-22-14(3)24-27-18)25(20(17)26)11-10-15-8-6-5-7-9-15/h5-9,12-13H,4,10-11H2,1-3H3. The fourth-order valence-electron chi connectivity index (χ4n) is 3.08. The van der Waals surface area contributed by atoms with E-state index in [1.54, 1.807) is 22.8 Å². The van der Waals surface area contributed by atoms with E-state index < -0.39 is 0 Å². The van der Waals surface area contributed by atoms with Gasteiger partial charge in [0.2, 0.25) is 5.89 Å². The van der Waals surface area contributed by atoms with E-state index >= 15 is 0 Å². The van der Waals surface area contributed by atoms with Crippen LogP contribution in [0.3, 0.4) is 0 Å². The molecule has 0 N–H and O–H groups in total. The first-order valence-corrected chi connectivity index (χ1v) is 11.3. The highest BCUT2D eigenvalue weighted by molar-refractivity contribution is 7.99. The SMILES string of the molecule is CCc1cc2c(=O)n(CCc3ccccc3)c(SC(C)c3nc(C)no3)nc2s1. The Kier molecular flexibility index (Phi) is 5.82. The van der Waals surface area contributed by atoms with Crippen molar-refractivity contribution in [2.75, 3.05) is 0 Å². The molecule has 3 aromatic heterocycles. The van der Waals surface area contributed by atoms with E-state index in [9.17, 15) is 4.79 Å². The number of fused-ring (bicyclic) bond motifs is 1. The van der Waals surface area contributed by atoms with E-state index in [1.807, 2.05) is 31.2 Å². The minimum Gasteiger partial charge on any atom is -0.338 e. The van der Waals surface area contributed by atoms with E-state index in [1.165, 1.54) is 22.2 Å². The molecular weight excluding hydrogens is 404 g/mol. The normalized spacial score (nSPS) is 12.5. The first kappa shape index (κ1) is 19.8. The number of thioether (sulfide) groups is 1. The summed E-state index contributed by atoms with van der Waals surface area (Å²) in [5.41, 5.74) is 1.20. The zero-order valence-corrected chi connectivity index (χ0v) is 18.2. The summed E-state index contributed by atoms with van der Waals surface area (Å²) in [7, 11) is 0. The molecule has 3 heterocycles. The van der Waals surface area contributed by atoms with Gasteiger partial charge in [-0.3, -0.25) is 9.36 Å². The fourth-order valence-corrected chi connectivity index (χ4v) is 5.05. The average Bonchev–Trinajstić information content (AvgIpc) is 3.34. The number of hydrogen-bond donors (Lipinski definition) is 0. The van der Waals surface area contributed by atoms with Crippen molar-refractivity contribution >= 4 is 33.3 Å². The van der Waals surface area contributed by atoms with Crippen LogP contribution < -0.4 is 5.56 Å². The number of benzene rings is 1. The summed E-state index contributed by atoms with van der Waals surface area (Å²) in [4.78, 5) is 24.4. The Bertz CT molecular complexity index is 1180. The predicted octanol–water partition coefficient (Wildman–Crippen LogP) is 4.81. The van der Waals surface area contributed by atoms with Gasteiger partial charge in [0.1, 0.15) is 4.83 Å². The molecule has 0 saturated carbocycles. The maximum atomic E-state index is 13.3. The van der Waals surface area contributed by atoms with Crippen LogP contribution in [0, 0.1) is 6.92 Å². The number of rotatable bonds is 7. The van der Waals surface area contributed by atoms with Crippen LogP contribution in [0.25, 0.3) is 10.2 Å². The third-order valence-corrected chi connectivity index (χ3v) is 6.91. The number of aryl methyl sites for hydroxylation is 3. The molecule has 4 aromatic rings. The summed E-state index contributed by atoms with van der Waals surface area (Å²) in [5, 5.41) is 5.16. The zero-order chi connectivity index (χ0) is 20.4. The Morgan fingerprint density at radius 2 is 2.03 bits per heavy atom. The lowest BCUT2D eigenvalue weighted by atomic mass is 10.1. The van der Waals surface area contributed by atoms with Crippen LogP contribution in [-0.2, 0) is 19.4 Å². The van der Waals surface area contributed by atoms with Crippen molar-refractivity contribution in [3.05, 3.63) is 68.9 Å². The van der Waals surface area contributed by atoms with Gasteiger partial charge in [-0.1, -0.05) is 54.2 Å². The molecule has 6 nitrogen and oxygen atoms in total. The average molecular weight is 427 g/mol. The smallest absolute Gasteiger partial charge is 0.262 e. The number of hydrogen-bond acceptors (Lipinski definition) is 7. The van der Waals surface area contributed by atoms with Crippen molar-refractivity contribution in [2.24, 2.45) is 0 Å². The van der Waals surface area contributed by atoms with Crippen molar-refractivity contribution in [3.8, 4) is 0 Å². The van der Waals surface area contributed by atoms with Gasteiger partial charge >= 0.3 is 0 Å². The summed E-state index contributed by atoms with van der Waals surface area (Å²) >= 11 is 3.07. The Morgan fingerprint density at radius 3 is 2.72 bits per heavy atom. The molecule has 4 rings (SSSR count). The highest BCUT2D eigenvalue weighted by atomic mass is 32.2. The van der Waals surface area contributed by atoms with Crippen LogP contribution in [0.5, 0.6) is 0 Å². The fraction of sp³-hybridized carbons (Fsp3) is 0.333. The number of nitrogens with zero attached hydrogens (tertiary/aromatic N) is 4. The monoisotopic (exact) mass is 426 g/mol. The van der Waals surface area contributed by atoms with Crippen molar-refractivity contribution in [1.29, 1.82) is 0 Å². The van der Waals surface area contributed by atoms with Gasteiger partial charge in [0, 0.05) is 11.4 Å². The lowest BCUT2D eigenvalue weighted by Crippen LogP contribution is -2.24. The van der Waals surface area contributed by atoms with Crippen LogP contribution in [-0.4, -0.2) is 19.7 Å². The molecule has 0 aliphatic heterocycles. The molecule has 29 heavy (non-hydrogen) atoms. The third kappa shape index (κ3) is 4.28. The molecule has 150 valence electrons. The predicted molar refractivity (Wildman–Crippen MR) is 117 cm³/mol. The van der Waals surface area contributed by atoms with E-state index in [4.69, 9.17) is 9.51 Å². The molecule has 0 radical (unpaired) electrons. The van der Waals surface area contributed by atoms with Gasteiger partial charge in [-0.15, -0.1) is 11.3 Å². The Labute approximate surface area is 177 Å². The maximum absolute atomic E-state index is 13.3.